The number of halogens is 1. The fraction of sp³-hybridized carbons (Fsp3) is 0.650. The molecule has 1 unspecified atom stereocenters. The molecule has 1 aromatic carbocycles. The van der Waals surface area contributed by atoms with Crippen LogP contribution in [0.4, 0.5) is 0 Å². The van der Waals surface area contributed by atoms with E-state index in [0.29, 0.717) is 5.92 Å². The Morgan fingerprint density at radius 3 is 2.50 bits per heavy atom. The SMILES string of the molecule is CCNC(=NCc1ccccc1CC)NCC(C)CN1CCOCC1.I. The molecule has 0 radical (unpaired) electrons. The van der Waals surface area contributed by atoms with Crippen LogP contribution in [0.3, 0.4) is 0 Å². The first kappa shape index (κ1) is 23.2. The third-order valence-corrected chi connectivity index (χ3v) is 4.54. The minimum Gasteiger partial charge on any atom is -0.379 e. The second kappa shape index (κ2) is 13.3. The molecule has 0 aliphatic carbocycles. The molecule has 0 bridgehead atoms. The van der Waals surface area contributed by atoms with Crippen LogP contribution in [-0.2, 0) is 17.7 Å². The van der Waals surface area contributed by atoms with Gasteiger partial charge in [-0.2, -0.15) is 0 Å². The van der Waals surface area contributed by atoms with Crippen molar-refractivity contribution in [1.82, 2.24) is 15.5 Å². The quantitative estimate of drug-likeness (QED) is 0.346. The smallest absolute Gasteiger partial charge is 0.191 e. The van der Waals surface area contributed by atoms with Gasteiger partial charge in [0.1, 0.15) is 0 Å². The molecule has 1 aliphatic heterocycles. The van der Waals surface area contributed by atoms with Gasteiger partial charge in [0.25, 0.3) is 0 Å². The number of benzene rings is 1. The number of aliphatic imine (C=N–C) groups is 1. The fourth-order valence-electron chi connectivity index (χ4n) is 3.12. The Labute approximate surface area is 176 Å². The molecule has 1 saturated heterocycles. The molecular formula is C20H35IN4O. The van der Waals surface area contributed by atoms with Crippen molar-refractivity contribution in [2.45, 2.75) is 33.7 Å². The van der Waals surface area contributed by atoms with E-state index in [0.717, 1.165) is 64.9 Å². The Hall–Kier alpha value is -0.860. The normalized spacial score (nSPS) is 16.7. The molecule has 2 rings (SSSR count). The van der Waals surface area contributed by atoms with Crippen LogP contribution in [0.2, 0.25) is 0 Å². The summed E-state index contributed by atoms with van der Waals surface area (Å²) >= 11 is 0. The standard InChI is InChI=1S/C20H34N4O.HI/c1-4-18-8-6-7-9-19(18)15-23-20(21-5-2)22-14-17(3)16-24-10-12-25-13-11-24;/h6-9,17H,4-5,10-16H2,1-3H3,(H2,21,22,23);1H. The number of nitrogens with zero attached hydrogens (tertiary/aromatic N) is 2. The van der Waals surface area contributed by atoms with E-state index >= 15 is 0 Å². The number of hydrogen-bond donors (Lipinski definition) is 2. The summed E-state index contributed by atoms with van der Waals surface area (Å²) in [6.07, 6.45) is 1.05. The molecule has 1 heterocycles. The number of hydrogen-bond acceptors (Lipinski definition) is 3. The Bertz CT molecular complexity index is 532. The lowest BCUT2D eigenvalue weighted by molar-refractivity contribution is 0.0320. The van der Waals surface area contributed by atoms with Crippen LogP contribution in [0, 0.1) is 5.92 Å². The van der Waals surface area contributed by atoms with E-state index in [1.165, 1.54) is 11.1 Å². The number of aryl methyl sites for hydroxylation is 1. The van der Waals surface area contributed by atoms with Crippen LogP contribution in [0.1, 0.15) is 31.9 Å². The molecule has 1 atom stereocenters. The van der Waals surface area contributed by atoms with Gasteiger partial charge < -0.3 is 15.4 Å². The zero-order chi connectivity index (χ0) is 17.9. The molecule has 1 aliphatic rings. The predicted octanol–water partition coefficient (Wildman–Crippen LogP) is 2.89. The van der Waals surface area contributed by atoms with Gasteiger partial charge in [0.15, 0.2) is 5.96 Å². The van der Waals surface area contributed by atoms with E-state index < -0.39 is 0 Å². The van der Waals surface area contributed by atoms with Crippen LogP contribution in [-0.4, -0.2) is 56.8 Å². The molecule has 2 N–H and O–H groups in total. The highest BCUT2D eigenvalue weighted by atomic mass is 127. The van der Waals surface area contributed by atoms with Crippen LogP contribution >= 0.6 is 24.0 Å². The van der Waals surface area contributed by atoms with E-state index in [2.05, 4.69) is 60.6 Å². The van der Waals surface area contributed by atoms with Crippen molar-refractivity contribution in [2.24, 2.45) is 10.9 Å². The molecule has 1 aromatic rings. The van der Waals surface area contributed by atoms with Crippen LogP contribution < -0.4 is 10.6 Å². The summed E-state index contributed by atoms with van der Waals surface area (Å²) in [5.41, 5.74) is 2.69. The number of rotatable bonds is 8. The lowest BCUT2D eigenvalue weighted by Crippen LogP contribution is -2.44. The lowest BCUT2D eigenvalue weighted by Gasteiger charge is -2.29. The molecular weight excluding hydrogens is 439 g/mol. The third-order valence-electron chi connectivity index (χ3n) is 4.54. The Kier molecular flexibility index (Phi) is 11.9. The van der Waals surface area contributed by atoms with Crippen molar-refractivity contribution < 1.29 is 4.74 Å². The summed E-state index contributed by atoms with van der Waals surface area (Å²) in [4.78, 5) is 7.26. The van der Waals surface area contributed by atoms with Crippen molar-refractivity contribution in [1.29, 1.82) is 0 Å². The summed E-state index contributed by atoms with van der Waals surface area (Å²) in [5, 5.41) is 6.85. The molecule has 0 amide bonds. The highest BCUT2D eigenvalue weighted by Crippen LogP contribution is 2.10. The molecule has 6 heteroatoms. The monoisotopic (exact) mass is 474 g/mol. The van der Waals surface area contributed by atoms with E-state index in [4.69, 9.17) is 9.73 Å². The van der Waals surface area contributed by atoms with Crippen molar-refractivity contribution >= 4 is 29.9 Å². The minimum absolute atomic E-state index is 0. The van der Waals surface area contributed by atoms with Crippen molar-refractivity contribution in [3.8, 4) is 0 Å². The van der Waals surface area contributed by atoms with E-state index in [9.17, 15) is 0 Å². The summed E-state index contributed by atoms with van der Waals surface area (Å²) in [6, 6.07) is 8.56. The van der Waals surface area contributed by atoms with Crippen LogP contribution in [0.15, 0.2) is 29.3 Å². The maximum absolute atomic E-state index is 5.42. The fourth-order valence-corrected chi connectivity index (χ4v) is 3.12. The van der Waals surface area contributed by atoms with Gasteiger partial charge in [0.2, 0.25) is 0 Å². The van der Waals surface area contributed by atoms with E-state index in [1.807, 2.05) is 0 Å². The van der Waals surface area contributed by atoms with Gasteiger partial charge in [0, 0.05) is 32.7 Å². The van der Waals surface area contributed by atoms with Crippen LogP contribution in [0.5, 0.6) is 0 Å². The van der Waals surface area contributed by atoms with Gasteiger partial charge in [-0.25, -0.2) is 4.99 Å². The second-order valence-electron chi connectivity index (χ2n) is 6.72. The Balaban J connectivity index is 0.00000338. The van der Waals surface area contributed by atoms with Crippen molar-refractivity contribution in [3.63, 3.8) is 0 Å². The van der Waals surface area contributed by atoms with Gasteiger partial charge in [-0.15, -0.1) is 24.0 Å². The summed E-state index contributed by atoms with van der Waals surface area (Å²) in [5.74, 6) is 1.48. The average Bonchev–Trinajstić information content (AvgIpc) is 2.65. The highest BCUT2D eigenvalue weighted by Gasteiger charge is 2.14. The maximum atomic E-state index is 5.42. The van der Waals surface area contributed by atoms with Crippen molar-refractivity contribution in [3.05, 3.63) is 35.4 Å². The molecule has 1 fully saturated rings. The van der Waals surface area contributed by atoms with Gasteiger partial charge in [-0.05, 0) is 30.4 Å². The molecule has 26 heavy (non-hydrogen) atoms. The second-order valence-corrected chi connectivity index (χ2v) is 6.72. The zero-order valence-electron chi connectivity index (χ0n) is 16.5. The molecule has 0 saturated carbocycles. The topological polar surface area (TPSA) is 48.9 Å². The number of ether oxygens (including phenoxy) is 1. The average molecular weight is 474 g/mol. The Morgan fingerprint density at radius 2 is 1.85 bits per heavy atom. The third kappa shape index (κ3) is 8.22. The van der Waals surface area contributed by atoms with Gasteiger partial charge >= 0.3 is 0 Å². The molecule has 0 aromatic heterocycles. The first-order valence-electron chi connectivity index (χ1n) is 9.62. The predicted molar refractivity (Wildman–Crippen MR) is 120 cm³/mol. The largest absolute Gasteiger partial charge is 0.379 e. The van der Waals surface area contributed by atoms with Gasteiger partial charge in [-0.3, -0.25) is 4.90 Å². The van der Waals surface area contributed by atoms with Gasteiger partial charge in [-0.1, -0.05) is 38.1 Å². The number of morpholine rings is 1. The van der Waals surface area contributed by atoms with Gasteiger partial charge in [0.05, 0.1) is 19.8 Å². The molecule has 5 nitrogen and oxygen atoms in total. The molecule has 148 valence electrons. The number of guanidine groups is 1. The highest BCUT2D eigenvalue weighted by molar-refractivity contribution is 14.0. The Morgan fingerprint density at radius 1 is 1.15 bits per heavy atom. The summed E-state index contributed by atoms with van der Waals surface area (Å²) in [7, 11) is 0. The van der Waals surface area contributed by atoms with Crippen molar-refractivity contribution in [2.75, 3.05) is 45.9 Å². The summed E-state index contributed by atoms with van der Waals surface area (Å²) in [6.45, 7) is 14.0. The zero-order valence-corrected chi connectivity index (χ0v) is 18.8. The summed E-state index contributed by atoms with van der Waals surface area (Å²) < 4.78 is 5.42. The maximum Gasteiger partial charge on any atom is 0.191 e. The first-order chi connectivity index (χ1) is 12.2. The first-order valence-corrected chi connectivity index (χ1v) is 9.62. The van der Waals surface area contributed by atoms with Crippen LogP contribution in [0.25, 0.3) is 0 Å². The molecule has 0 spiro atoms. The lowest BCUT2D eigenvalue weighted by atomic mass is 10.1. The van der Waals surface area contributed by atoms with E-state index in [-0.39, 0.29) is 24.0 Å². The minimum atomic E-state index is 0. The number of nitrogens with one attached hydrogen (secondary N) is 2. The van der Waals surface area contributed by atoms with E-state index in [1.54, 1.807) is 0 Å².